The fourth-order valence-corrected chi connectivity index (χ4v) is 2.85. The van der Waals surface area contributed by atoms with E-state index in [1.165, 1.54) is 16.5 Å². The van der Waals surface area contributed by atoms with Crippen molar-refractivity contribution in [3.8, 4) is 0 Å². The summed E-state index contributed by atoms with van der Waals surface area (Å²) >= 11 is 6.10. The normalized spacial score (nSPS) is 11.2. The average molecular weight is 469 g/mol. The number of benzene rings is 2. The number of aromatic amines is 1. The van der Waals surface area contributed by atoms with Crippen molar-refractivity contribution >= 4 is 52.4 Å². The number of aromatic nitrogens is 1. The molecular weight excluding hydrogens is 447 g/mol. The number of guanidine groups is 1. The number of nitrogens with one attached hydrogen (secondary N) is 3. The lowest BCUT2D eigenvalue weighted by atomic mass is 10.1. The molecule has 0 spiro atoms. The summed E-state index contributed by atoms with van der Waals surface area (Å²) in [6.45, 7) is 1.55. The minimum atomic E-state index is 0. The molecule has 3 aromatic rings. The monoisotopic (exact) mass is 468 g/mol. The van der Waals surface area contributed by atoms with Crippen molar-refractivity contribution < 1.29 is 0 Å². The van der Waals surface area contributed by atoms with E-state index in [1.807, 2.05) is 42.6 Å². The van der Waals surface area contributed by atoms with Gasteiger partial charge in [0.25, 0.3) is 0 Å². The third-order valence-corrected chi connectivity index (χ3v) is 4.18. The van der Waals surface area contributed by atoms with E-state index in [4.69, 9.17) is 11.6 Å². The van der Waals surface area contributed by atoms with Crippen molar-refractivity contribution in [2.24, 2.45) is 4.99 Å². The molecule has 0 aliphatic rings. The Kier molecular flexibility index (Phi) is 7.58. The van der Waals surface area contributed by atoms with Crippen LogP contribution in [0.2, 0.25) is 5.02 Å². The first-order valence-electron chi connectivity index (χ1n) is 8.00. The van der Waals surface area contributed by atoms with Crippen LogP contribution in [0.5, 0.6) is 0 Å². The van der Waals surface area contributed by atoms with Crippen molar-refractivity contribution in [1.29, 1.82) is 0 Å². The van der Waals surface area contributed by atoms with Gasteiger partial charge in [0.15, 0.2) is 5.96 Å². The van der Waals surface area contributed by atoms with E-state index in [-0.39, 0.29) is 24.0 Å². The number of hydrogen-bond acceptors (Lipinski definition) is 1. The van der Waals surface area contributed by atoms with Gasteiger partial charge in [-0.15, -0.1) is 24.0 Å². The zero-order valence-electron chi connectivity index (χ0n) is 14.1. The molecule has 0 saturated heterocycles. The lowest BCUT2D eigenvalue weighted by molar-refractivity contribution is 0.796. The molecule has 0 unspecified atom stereocenters. The molecule has 0 radical (unpaired) electrons. The van der Waals surface area contributed by atoms with Crippen LogP contribution in [-0.2, 0) is 13.0 Å². The van der Waals surface area contributed by atoms with Crippen molar-refractivity contribution in [2.45, 2.75) is 13.0 Å². The molecule has 0 aliphatic carbocycles. The fourth-order valence-electron chi connectivity index (χ4n) is 2.68. The second-order valence-electron chi connectivity index (χ2n) is 5.59. The van der Waals surface area contributed by atoms with Crippen LogP contribution in [0, 0.1) is 0 Å². The van der Waals surface area contributed by atoms with Crippen LogP contribution >= 0.6 is 35.6 Å². The quantitative estimate of drug-likeness (QED) is 0.296. The van der Waals surface area contributed by atoms with Gasteiger partial charge in [-0.05, 0) is 35.7 Å². The van der Waals surface area contributed by atoms with Crippen LogP contribution < -0.4 is 10.6 Å². The molecule has 0 fully saturated rings. The first-order chi connectivity index (χ1) is 11.8. The highest BCUT2D eigenvalue weighted by Gasteiger charge is 2.05. The van der Waals surface area contributed by atoms with Crippen LogP contribution in [0.3, 0.4) is 0 Å². The van der Waals surface area contributed by atoms with E-state index in [1.54, 1.807) is 7.05 Å². The Bertz CT molecular complexity index is 830. The number of fused-ring (bicyclic) bond motifs is 1. The maximum atomic E-state index is 6.10. The Morgan fingerprint density at radius 1 is 1.12 bits per heavy atom. The van der Waals surface area contributed by atoms with E-state index < -0.39 is 0 Å². The minimum Gasteiger partial charge on any atom is -0.361 e. The van der Waals surface area contributed by atoms with E-state index in [2.05, 4.69) is 32.7 Å². The Balaban J connectivity index is 0.00000225. The van der Waals surface area contributed by atoms with E-state index in [0.717, 1.165) is 36.0 Å². The molecule has 0 saturated carbocycles. The second-order valence-corrected chi connectivity index (χ2v) is 6.03. The number of aliphatic imine (C=N–C) groups is 1. The molecule has 6 heteroatoms. The number of rotatable bonds is 5. The highest BCUT2D eigenvalue weighted by Crippen LogP contribution is 2.22. The first kappa shape index (κ1) is 19.6. The molecule has 0 amide bonds. The Hall–Kier alpha value is -1.73. The van der Waals surface area contributed by atoms with Gasteiger partial charge >= 0.3 is 0 Å². The lowest BCUT2D eigenvalue weighted by Gasteiger charge is -2.11. The first-order valence-corrected chi connectivity index (χ1v) is 8.38. The summed E-state index contributed by atoms with van der Waals surface area (Å²) in [5, 5.41) is 8.61. The highest BCUT2D eigenvalue weighted by molar-refractivity contribution is 14.0. The summed E-state index contributed by atoms with van der Waals surface area (Å²) in [5.74, 6) is 0.803. The number of H-pyrrole nitrogens is 1. The van der Waals surface area contributed by atoms with Crippen LogP contribution in [0.4, 0.5) is 0 Å². The highest BCUT2D eigenvalue weighted by atomic mass is 127. The van der Waals surface area contributed by atoms with Gasteiger partial charge in [-0.2, -0.15) is 0 Å². The molecule has 3 N–H and O–H groups in total. The lowest BCUT2D eigenvalue weighted by Crippen LogP contribution is -2.37. The Labute approximate surface area is 170 Å². The van der Waals surface area contributed by atoms with Crippen molar-refractivity contribution in [2.75, 3.05) is 13.6 Å². The van der Waals surface area contributed by atoms with Crippen LogP contribution in [0.25, 0.3) is 10.9 Å². The van der Waals surface area contributed by atoms with E-state index in [9.17, 15) is 0 Å². The fraction of sp³-hybridized carbons (Fsp3) is 0.211. The van der Waals surface area contributed by atoms with Gasteiger partial charge in [-0.1, -0.05) is 41.9 Å². The molecule has 1 heterocycles. The third-order valence-electron chi connectivity index (χ3n) is 3.94. The predicted molar refractivity (Wildman–Crippen MR) is 117 cm³/mol. The van der Waals surface area contributed by atoms with Crippen molar-refractivity contribution in [3.63, 3.8) is 0 Å². The average Bonchev–Trinajstić information content (AvgIpc) is 3.01. The predicted octanol–water partition coefficient (Wildman–Crippen LogP) is 4.35. The zero-order valence-corrected chi connectivity index (χ0v) is 17.1. The summed E-state index contributed by atoms with van der Waals surface area (Å²) in [6, 6.07) is 16.2. The summed E-state index contributed by atoms with van der Waals surface area (Å²) < 4.78 is 0. The van der Waals surface area contributed by atoms with Crippen molar-refractivity contribution in [1.82, 2.24) is 15.6 Å². The maximum Gasteiger partial charge on any atom is 0.191 e. The van der Waals surface area contributed by atoms with E-state index >= 15 is 0 Å². The largest absolute Gasteiger partial charge is 0.361 e. The molecule has 0 atom stereocenters. The van der Waals surface area contributed by atoms with Gasteiger partial charge in [0.1, 0.15) is 0 Å². The van der Waals surface area contributed by atoms with Crippen LogP contribution in [0.1, 0.15) is 11.1 Å². The molecule has 2 aromatic carbocycles. The number of halogens is 2. The summed E-state index contributed by atoms with van der Waals surface area (Å²) in [5.41, 5.74) is 3.59. The molecular formula is C19H22ClIN4. The van der Waals surface area contributed by atoms with Crippen molar-refractivity contribution in [3.05, 3.63) is 70.9 Å². The Morgan fingerprint density at radius 2 is 1.92 bits per heavy atom. The summed E-state index contributed by atoms with van der Waals surface area (Å²) in [7, 11) is 1.78. The van der Waals surface area contributed by atoms with Gasteiger partial charge in [0.2, 0.25) is 0 Å². The molecule has 3 rings (SSSR count). The van der Waals surface area contributed by atoms with E-state index in [0.29, 0.717) is 0 Å². The number of nitrogens with zero attached hydrogens (tertiary/aromatic N) is 1. The van der Waals surface area contributed by atoms with Gasteiger partial charge < -0.3 is 15.6 Å². The van der Waals surface area contributed by atoms with Gasteiger partial charge in [-0.25, -0.2) is 0 Å². The third kappa shape index (κ3) is 5.37. The van der Waals surface area contributed by atoms with Gasteiger partial charge in [0, 0.05) is 42.3 Å². The summed E-state index contributed by atoms with van der Waals surface area (Å²) in [4.78, 5) is 7.55. The van der Waals surface area contributed by atoms with Crippen LogP contribution in [-0.4, -0.2) is 24.5 Å². The van der Waals surface area contributed by atoms with Crippen LogP contribution in [0.15, 0.2) is 59.7 Å². The topological polar surface area (TPSA) is 52.2 Å². The Morgan fingerprint density at radius 3 is 2.68 bits per heavy atom. The smallest absolute Gasteiger partial charge is 0.191 e. The zero-order chi connectivity index (χ0) is 16.8. The molecule has 1 aromatic heterocycles. The molecule has 4 nitrogen and oxygen atoms in total. The SMILES string of the molecule is CN=C(NCCc1c[nH]c2ccc(Cl)cc12)NCc1ccccc1.I. The molecule has 0 bridgehead atoms. The maximum absolute atomic E-state index is 6.10. The van der Waals surface area contributed by atoms with Gasteiger partial charge in [0.05, 0.1) is 0 Å². The molecule has 132 valence electrons. The molecule has 25 heavy (non-hydrogen) atoms. The standard InChI is InChI=1S/C19H21ClN4.HI/c1-21-19(24-12-14-5-3-2-4-6-14)22-10-9-15-13-23-18-8-7-16(20)11-17(15)18;/h2-8,11,13,23H,9-10,12H2,1H3,(H2,21,22,24);1H. The molecule has 0 aliphatic heterocycles. The summed E-state index contributed by atoms with van der Waals surface area (Å²) in [6.07, 6.45) is 2.94. The number of hydrogen-bond donors (Lipinski definition) is 3. The minimum absolute atomic E-state index is 0. The second kappa shape index (κ2) is 9.68. The van der Waals surface area contributed by atoms with Gasteiger partial charge in [-0.3, -0.25) is 4.99 Å².